The zero-order valence-electron chi connectivity index (χ0n) is 15.7. The van der Waals surface area contributed by atoms with E-state index in [1.807, 2.05) is 24.3 Å². The first kappa shape index (κ1) is 19.0. The Morgan fingerprint density at radius 2 is 1.96 bits per heavy atom. The van der Waals surface area contributed by atoms with Gasteiger partial charge in [0, 0.05) is 11.4 Å². The highest BCUT2D eigenvalue weighted by Gasteiger charge is 2.26. The lowest BCUT2D eigenvalue weighted by atomic mass is 10.2. The minimum atomic E-state index is -0.953. The first-order valence-corrected chi connectivity index (χ1v) is 9.45. The van der Waals surface area contributed by atoms with Crippen LogP contribution < -0.4 is 10.2 Å². The molecule has 1 heterocycles. The van der Waals surface area contributed by atoms with Gasteiger partial charge in [0.15, 0.2) is 5.69 Å². The van der Waals surface area contributed by atoms with Crippen LogP contribution in [0.3, 0.4) is 0 Å². The Morgan fingerprint density at radius 3 is 2.63 bits per heavy atom. The fraction of sp³-hybridized carbons (Fsp3) is 0.474. The SMILES string of the molecule is CC[NH+](CC)CCn1c(O)c(N=NC(=O)C(=O)NC2CC2)c2ccccc21. The maximum Gasteiger partial charge on any atom is 0.353 e. The van der Waals surface area contributed by atoms with Crippen LogP contribution in [0.15, 0.2) is 34.5 Å². The third kappa shape index (κ3) is 4.33. The molecule has 0 bridgehead atoms. The zero-order chi connectivity index (χ0) is 19.4. The maximum absolute atomic E-state index is 11.9. The molecule has 0 radical (unpaired) electrons. The summed E-state index contributed by atoms with van der Waals surface area (Å²) in [5, 5.41) is 21.4. The highest BCUT2D eigenvalue weighted by molar-refractivity contribution is 6.35. The second kappa shape index (κ2) is 8.30. The van der Waals surface area contributed by atoms with Crippen LogP contribution in [-0.4, -0.2) is 47.2 Å². The first-order valence-electron chi connectivity index (χ1n) is 9.45. The van der Waals surface area contributed by atoms with Crippen LogP contribution in [0.1, 0.15) is 26.7 Å². The topological polar surface area (TPSA) is 100 Å². The number of nitrogens with one attached hydrogen (secondary N) is 2. The Balaban J connectivity index is 1.84. The Bertz CT molecular complexity index is 866. The third-order valence-corrected chi connectivity index (χ3v) is 4.95. The number of amides is 2. The summed E-state index contributed by atoms with van der Waals surface area (Å²) in [6.45, 7) is 7.75. The summed E-state index contributed by atoms with van der Waals surface area (Å²) in [6.07, 6.45) is 1.78. The molecule has 1 saturated carbocycles. The van der Waals surface area contributed by atoms with Crippen LogP contribution in [0.5, 0.6) is 5.88 Å². The molecule has 1 fully saturated rings. The minimum absolute atomic E-state index is 0.0399. The van der Waals surface area contributed by atoms with Crippen molar-refractivity contribution in [2.24, 2.45) is 10.2 Å². The van der Waals surface area contributed by atoms with Gasteiger partial charge in [-0.05, 0) is 32.8 Å². The maximum atomic E-state index is 11.9. The lowest BCUT2D eigenvalue weighted by Gasteiger charge is -2.16. The van der Waals surface area contributed by atoms with Gasteiger partial charge < -0.3 is 19.9 Å². The number of benzene rings is 1. The van der Waals surface area contributed by atoms with Gasteiger partial charge >= 0.3 is 11.8 Å². The van der Waals surface area contributed by atoms with Gasteiger partial charge in [0.1, 0.15) is 0 Å². The molecule has 27 heavy (non-hydrogen) atoms. The molecule has 3 rings (SSSR count). The molecule has 0 unspecified atom stereocenters. The first-order chi connectivity index (χ1) is 13.0. The largest absolute Gasteiger partial charge is 0.493 e. The van der Waals surface area contributed by atoms with E-state index in [9.17, 15) is 14.7 Å². The molecule has 0 aliphatic heterocycles. The molecule has 1 aromatic heterocycles. The molecule has 8 nitrogen and oxygen atoms in total. The van der Waals surface area contributed by atoms with E-state index in [1.54, 1.807) is 4.57 Å². The molecule has 144 valence electrons. The number of carbonyl (C=O) groups is 2. The van der Waals surface area contributed by atoms with E-state index in [4.69, 9.17) is 0 Å². The van der Waals surface area contributed by atoms with E-state index >= 15 is 0 Å². The number of carbonyl (C=O) groups excluding carboxylic acids is 2. The number of hydrogen-bond donors (Lipinski definition) is 3. The highest BCUT2D eigenvalue weighted by Crippen LogP contribution is 2.38. The van der Waals surface area contributed by atoms with Gasteiger partial charge in [-0.25, -0.2) is 0 Å². The smallest absolute Gasteiger partial charge is 0.353 e. The molecule has 3 N–H and O–H groups in total. The van der Waals surface area contributed by atoms with Crippen molar-refractivity contribution in [3.63, 3.8) is 0 Å². The number of azo groups is 1. The second-order valence-corrected chi connectivity index (χ2v) is 6.80. The van der Waals surface area contributed by atoms with Gasteiger partial charge in [-0.2, -0.15) is 0 Å². The number of aromatic hydroxyl groups is 1. The standard InChI is InChI=1S/C19H25N5O3/c1-3-23(4-2)11-12-24-15-8-6-5-7-14(15)16(19(24)27)21-22-18(26)17(25)20-13-9-10-13/h5-8,13,27H,3-4,9-12H2,1-2H3,(H,20,25)/p+1. The number of fused-ring (bicyclic) bond motifs is 1. The molecule has 1 aliphatic carbocycles. The van der Waals surface area contributed by atoms with Crippen molar-refractivity contribution in [2.45, 2.75) is 39.3 Å². The van der Waals surface area contributed by atoms with Crippen LogP contribution in [0.2, 0.25) is 0 Å². The van der Waals surface area contributed by atoms with E-state index in [2.05, 4.69) is 29.4 Å². The minimum Gasteiger partial charge on any atom is -0.493 e. The van der Waals surface area contributed by atoms with E-state index in [0.29, 0.717) is 11.9 Å². The average molecular weight is 372 g/mol. The van der Waals surface area contributed by atoms with E-state index in [1.165, 1.54) is 4.90 Å². The summed E-state index contributed by atoms with van der Waals surface area (Å²) < 4.78 is 1.78. The molecule has 2 amide bonds. The third-order valence-electron chi connectivity index (χ3n) is 4.95. The molecular weight excluding hydrogens is 346 g/mol. The van der Waals surface area contributed by atoms with Gasteiger partial charge in [-0.3, -0.25) is 9.59 Å². The zero-order valence-corrected chi connectivity index (χ0v) is 15.7. The molecule has 0 saturated heterocycles. The number of aromatic nitrogens is 1. The molecule has 0 spiro atoms. The molecule has 8 heteroatoms. The second-order valence-electron chi connectivity index (χ2n) is 6.80. The van der Waals surface area contributed by atoms with Gasteiger partial charge in [0.25, 0.3) is 0 Å². The van der Waals surface area contributed by atoms with Crippen molar-refractivity contribution in [1.29, 1.82) is 0 Å². The van der Waals surface area contributed by atoms with Gasteiger partial charge in [-0.1, -0.05) is 18.2 Å². The number of nitrogens with zero attached hydrogens (tertiary/aromatic N) is 3. The summed E-state index contributed by atoms with van der Waals surface area (Å²) in [4.78, 5) is 25.0. The van der Waals surface area contributed by atoms with Crippen LogP contribution in [0.25, 0.3) is 10.9 Å². The number of rotatable bonds is 7. The van der Waals surface area contributed by atoms with Crippen molar-refractivity contribution >= 4 is 28.4 Å². The van der Waals surface area contributed by atoms with Gasteiger partial charge in [0.2, 0.25) is 5.88 Å². The highest BCUT2D eigenvalue weighted by atomic mass is 16.3. The predicted octanol–water partition coefficient (Wildman–Crippen LogP) is 1.16. The van der Waals surface area contributed by atoms with Crippen molar-refractivity contribution < 1.29 is 19.6 Å². The van der Waals surface area contributed by atoms with Crippen molar-refractivity contribution in [2.75, 3.05) is 19.6 Å². The number of hydrogen-bond acceptors (Lipinski definition) is 4. The van der Waals surface area contributed by atoms with Crippen molar-refractivity contribution in [3.05, 3.63) is 24.3 Å². The molecular formula is C19H26N5O3+. The molecule has 1 aromatic carbocycles. The molecule has 2 aromatic rings. The number of likely N-dealkylation sites (N-methyl/N-ethyl adjacent to an activating group) is 1. The Labute approximate surface area is 157 Å². The molecule has 0 atom stereocenters. The van der Waals surface area contributed by atoms with E-state index in [-0.39, 0.29) is 17.6 Å². The summed E-state index contributed by atoms with van der Waals surface area (Å²) in [6, 6.07) is 7.52. The lowest BCUT2D eigenvalue weighted by molar-refractivity contribution is -0.897. The lowest BCUT2D eigenvalue weighted by Crippen LogP contribution is -3.11. The predicted molar refractivity (Wildman–Crippen MR) is 101 cm³/mol. The normalized spacial score (nSPS) is 14.3. The van der Waals surface area contributed by atoms with E-state index in [0.717, 1.165) is 38.0 Å². The summed E-state index contributed by atoms with van der Waals surface area (Å²) in [5.41, 5.74) is 1.04. The van der Waals surface area contributed by atoms with Gasteiger partial charge in [-0.15, -0.1) is 10.2 Å². The van der Waals surface area contributed by atoms with Crippen LogP contribution >= 0.6 is 0 Å². The van der Waals surface area contributed by atoms with Crippen molar-refractivity contribution in [1.82, 2.24) is 9.88 Å². The summed E-state index contributed by atoms with van der Waals surface area (Å²) in [5.74, 6) is -1.75. The number of quaternary nitrogens is 1. The summed E-state index contributed by atoms with van der Waals surface area (Å²) >= 11 is 0. The van der Waals surface area contributed by atoms with E-state index < -0.39 is 11.8 Å². The fourth-order valence-corrected chi connectivity index (χ4v) is 3.09. The Hall–Kier alpha value is -2.74. The van der Waals surface area contributed by atoms with Crippen LogP contribution in [0, 0.1) is 0 Å². The summed E-state index contributed by atoms with van der Waals surface area (Å²) in [7, 11) is 0. The number of para-hydroxylation sites is 1. The van der Waals surface area contributed by atoms with Gasteiger partial charge in [0.05, 0.1) is 31.7 Å². The van der Waals surface area contributed by atoms with Crippen LogP contribution in [-0.2, 0) is 16.1 Å². The fourth-order valence-electron chi connectivity index (χ4n) is 3.09. The van der Waals surface area contributed by atoms with Crippen LogP contribution in [0.4, 0.5) is 5.69 Å². The van der Waals surface area contributed by atoms with Crippen molar-refractivity contribution in [3.8, 4) is 5.88 Å². The molecule has 1 aliphatic rings. The monoisotopic (exact) mass is 372 g/mol. The Kier molecular flexibility index (Phi) is 5.85. The Morgan fingerprint density at radius 1 is 1.26 bits per heavy atom. The average Bonchev–Trinajstić information content (AvgIpc) is 3.45. The quantitative estimate of drug-likeness (QED) is 0.502.